The van der Waals surface area contributed by atoms with Gasteiger partial charge in [-0.25, -0.2) is 4.39 Å². The zero-order valence-corrected chi connectivity index (χ0v) is 16.4. The van der Waals surface area contributed by atoms with E-state index in [-0.39, 0.29) is 5.82 Å². The van der Waals surface area contributed by atoms with Crippen molar-refractivity contribution in [1.29, 1.82) is 0 Å². The molecule has 2 rings (SSSR count). The van der Waals surface area contributed by atoms with Gasteiger partial charge in [-0.2, -0.15) is 0 Å². The van der Waals surface area contributed by atoms with E-state index < -0.39 is 0 Å². The van der Waals surface area contributed by atoms with Crippen LogP contribution in [-0.4, -0.2) is 0 Å². The Morgan fingerprint density at radius 1 is 0.900 bits per heavy atom. The van der Waals surface area contributed by atoms with Crippen molar-refractivity contribution in [2.45, 2.75) is 11.9 Å². The molecule has 0 saturated carbocycles. The highest BCUT2D eigenvalue weighted by Gasteiger charge is 2.09. The molecule has 0 fully saturated rings. The van der Waals surface area contributed by atoms with Crippen molar-refractivity contribution < 1.29 is 9.13 Å². The van der Waals surface area contributed by atoms with Crippen molar-refractivity contribution in [1.82, 2.24) is 0 Å². The Hall–Kier alpha value is 0.0900. The van der Waals surface area contributed by atoms with Gasteiger partial charge in [0.1, 0.15) is 18.2 Å². The Labute approximate surface area is 150 Å². The Kier molecular flexibility index (Phi) is 6.08. The zero-order chi connectivity index (χ0) is 14.7. The second kappa shape index (κ2) is 7.38. The molecule has 0 aliphatic carbocycles. The molecule has 106 valence electrons. The molecule has 6 heteroatoms. The number of benzene rings is 2. The molecule has 0 heterocycles. The van der Waals surface area contributed by atoms with E-state index in [2.05, 4.69) is 63.7 Å². The Morgan fingerprint density at radius 3 is 2.10 bits per heavy atom. The maximum absolute atomic E-state index is 13.3. The van der Waals surface area contributed by atoms with Crippen molar-refractivity contribution in [2.24, 2.45) is 0 Å². The van der Waals surface area contributed by atoms with Gasteiger partial charge in [-0.15, -0.1) is 0 Å². The summed E-state index contributed by atoms with van der Waals surface area (Å²) >= 11 is 13.6. The number of ether oxygens (including phenoxy) is 1. The minimum absolute atomic E-state index is 0.286. The molecule has 0 amide bonds. The van der Waals surface area contributed by atoms with Gasteiger partial charge in [-0.05, 0) is 73.3 Å². The highest BCUT2D eigenvalue weighted by atomic mass is 79.9. The van der Waals surface area contributed by atoms with Gasteiger partial charge < -0.3 is 4.74 Å². The summed E-state index contributed by atoms with van der Waals surface area (Å²) in [5, 5.41) is 0.765. The van der Waals surface area contributed by atoms with E-state index in [9.17, 15) is 4.39 Å². The molecule has 1 nitrogen and oxygen atoms in total. The average Bonchev–Trinajstić information content (AvgIpc) is 2.36. The molecule has 0 saturated heterocycles. The third kappa shape index (κ3) is 4.29. The van der Waals surface area contributed by atoms with Crippen LogP contribution in [0, 0.1) is 5.82 Å². The topological polar surface area (TPSA) is 9.23 Å². The molecule has 0 spiro atoms. The normalized spacial score (nSPS) is 10.7. The van der Waals surface area contributed by atoms with Crippen LogP contribution >= 0.6 is 63.7 Å². The Morgan fingerprint density at radius 2 is 1.55 bits per heavy atom. The summed E-state index contributed by atoms with van der Waals surface area (Å²) < 4.78 is 21.5. The lowest BCUT2D eigenvalue weighted by molar-refractivity contribution is 0.301. The van der Waals surface area contributed by atoms with Crippen LogP contribution < -0.4 is 4.74 Å². The summed E-state index contributed by atoms with van der Waals surface area (Å²) in [6.45, 7) is 0.293. The van der Waals surface area contributed by atoms with Gasteiger partial charge in [0.15, 0.2) is 0 Å². The smallest absolute Gasteiger partial charge is 0.148 e. The van der Waals surface area contributed by atoms with E-state index in [1.807, 2.05) is 18.2 Å². The first kappa shape index (κ1) is 16.5. The molecule has 0 unspecified atom stereocenters. The van der Waals surface area contributed by atoms with E-state index in [4.69, 9.17) is 4.74 Å². The van der Waals surface area contributed by atoms with Crippen LogP contribution in [0.25, 0.3) is 0 Å². The SMILES string of the molecule is Fc1cc(Br)cc(COc2c(Br)cc(CBr)cc2Br)c1. The van der Waals surface area contributed by atoms with Crippen LogP contribution in [-0.2, 0) is 11.9 Å². The van der Waals surface area contributed by atoms with Crippen LogP contribution in [0.4, 0.5) is 4.39 Å². The maximum Gasteiger partial charge on any atom is 0.148 e. The molecule has 0 aliphatic rings. The van der Waals surface area contributed by atoms with Crippen LogP contribution in [0.1, 0.15) is 11.1 Å². The van der Waals surface area contributed by atoms with Gasteiger partial charge in [0, 0.05) is 9.80 Å². The molecule has 20 heavy (non-hydrogen) atoms. The molecule has 0 N–H and O–H groups in total. The van der Waals surface area contributed by atoms with Gasteiger partial charge in [0.05, 0.1) is 8.95 Å². The number of alkyl halides is 1. The molecule has 0 radical (unpaired) electrons. The molecule has 0 aromatic heterocycles. The van der Waals surface area contributed by atoms with Crippen LogP contribution in [0.2, 0.25) is 0 Å². The monoisotopic (exact) mass is 528 g/mol. The summed E-state index contributed by atoms with van der Waals surface area (Å²) in [6, 6.07) is 8.67. The van der Waals surface area contributed by atoms with E-state index >= 15 is 0 Å². The summed E-state index contributed by atoms with van der Waals surface area (Å²) in [5.74, 6) is 0.417. The Bertz CT molecular complexity index is 587. The lowest BCUT2D eigenvalue weighted by Gasteiger charge is -2.12. The van der Waals surface area contributed by atoms with Gasteiger partial charge in [0.25, 0.3) is 0 Å². The van der Waals surface area contributed by atoms with Gasteiger partial charge in [0.2, 0.25) is 0 Å². The van der Waals surface area contributed by atoms with E-state index in [0.29, 0.717) is 16.8 Å². The highest BCUT2D eigenvalue weighted by molar-refractivity contribution is 9.11. The third-order valence-electron chi connectivity index (χ3n) is 2.52. The second-order valence-corrected chi connectivity index (χ2v) is 7.27. The first-order valence-electron chi connectivity index (χ1n) is 5.61. The fraction of sp³-hybridized carbons (Fsp3) is 0.143. The van der Waals surface area contributed by atoms with E-state index in [0.717, 1.165) is 25.4 Å². The largest absolute Gasteiger partial charge is 0.487 e. The predicted octanol–water partition coefficient (Wildman–Crippen LogP) is 6.59. The molecule has 2 aromatic rings. The Balaban J connectivity index is 2.18. The molecule has 0 atom stereocenters. The lowest BCUT2D eigenvalue weighted by atomic mass is 10.2. The van der Waals surface area contributed by atoms with Gasteiger partial charge >= 0.3 is 0 Å². The minimum atomic E-state index is -0.286. The third-order valence-corrected chi connectivity index (χ3v) is 4.80. The standard InChI is InChI=1S/C14H9Br4FO/c15-6-8-3-12(17)14(13(18)4-8)20-7-9-1-10(16)5-11(19)2-9/h1-5H,6-7H2. The fourth-order valence-electron chi connectivity index (χ4n) is 1.68. The summed E-state index contributed by atoms with van der Waals surface area (Å²) in [7, 11) is 0. The van der Waals surface area contributed by atoms with Crippen molar-refractivity contribution >= 4 is 63.7 Å². The van der Waals surface area contributed by atoms with Crippen molar-refractivity contribution in [2.75, 3.05) is 0 Å². The maximum atomic E-state index is 13.3. The molecular formula is C14H9Br4FO. The van der Waals surface area contributed by atoms with Gasteiger partial charge in [-0.3, -0.25) is 0 Å². The molecule has 0 aliphatic heterocycles. The zero-order valence-electron chi connectivity index (χ0n) is 10.1. The second-order valence-electron chi connectivity index (χ2n) is 4.09. The lowest BCUT2D eigenvalue weighted by Crippen LogP contribution is -1.98. The fourth-order valence-corrected chi connectivity index (χ4v) is 4.02. The number of hydrogen-bond donors (Lipinski definition) is 0. The van der Waals surface area contributed by atoms with Gasteiger partial charge in [-0.1, -0.05) is 31.9 Å². The average molecular weight is 532 g/mol. The van der Waals surface area contributed by atoms with Crippen molar-refractivity contribution in [3.8, 4) is 5.75 Å². The molecule has 2 aromatic carbocycles. The first-order chi connectivity index (χ1) is 9.49. The van der Waals surface area contributed by atoms with Crippen LogP contribution in [0.5, 0.6) is 5.75 Å². The highest BCUT2D eigenvalue weighted by Crippen LogP contribution is 2.36. The van der Waals surface area contributed by atoms with Crippen molar-refractivity contribution in [3.63, 3.8) is 0 Å². The number of hydrogen-bond acceptors (Lipinski definition) is 1. The summed E-state index contributed by atoms with van der Waals surface area (Å²) in [4.78, 5) is 0. The van der Waals surface area contributed by atoms with Crippen LogP contribution in [0.3, 0.4) is 0 Å². The molecule has 0 bridgehead atoms. The minimum Gasteiger partial charge on any atom is -0.487 e. The first-order valence-corrected chi connectivity index (χ1v) is 9.11. The quantitative estimate of drug-likeness (QED) is 0.405. The number of halogens is 5. The van der Waals surface area contributed by atoms with E-state index in [1.54, 1.807) is 0 Å². The van der Waals surface area contributed by atoms with Crippen molar-refractivity contribution in [3.05, 3.63) is 60.7 Å². The molecular weight excluding hydrogens is 523 g/mol. The van der Waals surface area contributed by atoms with Crippen LogP contribution in [0.15, 0.2) is 43.7 Å². The number of rotatable bonds is 4. The summed E-state index contributed by atoms with van der Waals surface area (Å²) in [5.41, 5.74) is 1.89. The summed E-state index contributed by atoms with van der Waals surface area (Å²) in [6.07, 6.45) is 0. The van der Waals surface area contributed by atoms with E-state index in [1.165, 1.54) is 12.1 Å². The predicted molar refractivity (Wildman–Crippen MR) is 92.9 cm³/mol.